The summed E-state index contributed by atoms with van der Waals surface area (Å²) < 4.78 is 0. The largest absolute Gasteiger partial charge is 0.343 e. The predicted octanol–water partition coefficient (Wildman–Crippen LogP) is 2.74. The number of amides is 1. The Balaban J connectivity index is 1.86. The van der Waals surface area contributed by atoms with Crippen LogP contribution in [0.25, 0.3) is 0 Å². The molecule has 2 rings (SSSR count). The molecule has 1 aromatic carbocycles. The van der Waals surface area contributed by atoms with Gasteiger partial charge in [0.15, 0.2) is 0 Å². The van der Waals surface area contributed by atoms with E-state index in [0.717, 1.165) is 25.1 Å². The third kappa shape index (κ3) is 4.06. The summed E-state index contributed by atoms with van der Waals surface area (Å²) in [6.45, 7) is 4.99. The van der Waals surface area contributed by atoms with Gasteiger partial charge < -0.3 is 5.32 Å². The second-order valence-electron chi connectivity index (χ2n) is 5.25. The van der Waals surface area contributed by atoms with Gasteiger partial charge in [0.2, 0.25) is 5.91 Å². The van der Waals surface area contributed by atoms with Crippen LogP contribution < -0.4 is 5.32 Å². The number of benzene rings is 1. The lowest BCUT2D eigenvalue weighted by Crippen LogP contribution is -2.41. The molecule has 1 aromatic rings. The number of nitrogens with one attached hydrogen (secondary N) is 1. The molecule has 1 aliphatic heterocycles. The maximum Gasteiger partial charge on any atom is 0.228 e. The molecule has 0 aromatic heterocycles. The second kappa shape index (κ2) is 7.29. The summed E-state index contributed by atoms with van der Waals surface area (Å²) in [6.07, 6.45) is 4.68. The molecule has 3 nitrogen and oxygen atoms in total. The molecule has 0 aliphatic carbocycles. The van der Waals surface area contributed by atoms with E-state index in [1.165, 1.54) is 19.3 Å². The highest BCUT2D eigenvalue weighted by Crippen LogP contribution is 2.19. The minimum absolute atomic E-state index is 0.0222. The van der Waals surface area contributed by atoms with Crippen molar-refractivity contribution in [2.24, 2.45) is 0 Å². The smallest absolute Gasteiger partial charge is 0.228 e. The molecule has 0 unspecified atom stereocenters. The van der Waals surface area contributed by atoms with E-state index in [0.29, 0.717) is 6.67 Å². The summed E-state index contributed by atoms with van der Waals surface area (Å²) >= 11 is 0. The van der Waals surface area contributed by atoms with E-state index in [9.17, 15) is 4.79 Å². The molecule has 1 amide bonds. The van der Waals surface area contributed by atoms with Crippen molar-refractivity contribution in [3.63, 3.8) is 0 Å². The van der Waals surface area contributed by atoms with Crippen LogP contribution in [0, 0.1) is 0 Å². The first-order valence-corrected chi connectivity index (χ1v) is 7.36. The Morgan fingerprint density at radius 2 is 1.89 bits per heavy atom. The number of hydrogen-bond acceptors (Lipinski definition) is 2. The Kier molecular flexibility index (Phi) is 5.40. The molecular formula is C16H24N2O. The molecule has 1 heterocycles. The van der Waals surface area contributed by atoms with Gasteiger partial charge >= 0.3 is 0 Å². The van der Waals surface area contributed by atoms with Gasteiger partial charge in [-0.1, -0.05) is 43.7 Å². The number of piperidine rings is 1. The monoisotopic (exact) mass is 260 g/mol. The van der Waals surface area contributed by atoms with Crippen molar-refractivity contribution in [3.8, 4) is 0 Å². The maximum atomic E-state index is 12.3. The Morgan fingerprint density at radius 3 is 2.53 bits per heavy atom. The second-order valence-corrected chi connectivity index (χ2v) is 5.25. The Labute approximate surface area is 116 Å². The van der Waals surface area contributed by atoms with E-state index in [1.54, 1.807) is 0 Å². The van der Waals surface area contributed by atoms with Crippen LogP contribution in [0.2, 0.25) is 0 Å². The lowest BCUT2D eigenvalue weighted by atomic mass is 9.96. The number of hydrogen-bond donors (Lipinski definition) is 1. The van der Waals surface area contributed by atoms with Gasteiger partial charge in [-0.15, -0.1) is 0 Å². The van der Waals surface area contributed by atoms with Crippen LogP contribution >= 0.6 is 0 Å². The van der Waals surface area contributed by atoms with E-state index >= 15 is 0 Å². The van der Waals surface area contributed by atoms with Crippen LogP contribution in [0.4, 0.5) is 0 Å². The summed E-state index contributed by atoms with van der Waals surface area (Å²) in [6, 6.07) is 10.1. The average Bonchev–Trinajstić information content (AvgIpc) is 2.48. The molecule has 1 saturated heterocycles. The van der Waals surface area contributed by atoms with Crippen molar-refractivity contribution < 1.29 is 4.79 Å². The topological polar surface area (TPSA) is 32.3 Å². The van der Waals surface area contributed by atoms with E-state index in [-0.39, 0.29) is 11.8 Å². The molecule has 104 valence electrons. The molecule has 1 N–H and O–H groups in total. The van der Waals surface area contributed by atoms with Gasteiger partial charge in [-0.3, -0.25) is 9.69 Å². The molecule has 0 bridgehead atoms. The molecule has 0 radical (unpaired) electrons. The van der Waals surface area contributed by atoms with Gasteiger partial charge in [-0.05, 0) is 37.9 Å². The minimum atomic E-state index is -0.0222. The maximum absolute atomic E-state index is 12.3. The number of carbonyl (C=O) groups is 1. The first-order chi connectivity index (χ1) is 9.31. The normalized spacial score (nSPS) is 17.9. The zero-order chi connectivity index (χ0) is 13.5. The minimum Gasteiger partial charge on any atom is -0.343 e. The Hall–Kier alpha value is -1.35. The molecule has 0 saturated carbocycles. The van der Waals surface area contributed by atoms with Crippen LogP contribution in [-0.2, 0) is 4.79 Å². The summed E-state index contributed by atoms with van der Waals surface area (Å²) in [5.41, 5.74) is 1.11. The highest BCUT2D eigenvalue weighted by atomic mass is 16.2. The number of likely N-dealkylation sites (tertiary alicyclic amines) is 1. The average molecular weight is 260 g/mol. The molecule has 3 heteroatoms. The van der Waals surface area contributed by atoms with Crippen LogP contribution in [0.3, 0.4) is 0 Å². The van der Waals surface area contributed by atoms with Gasteiger partial charge in [0.25, 0.3) is 0 Å². The molecule has 19 heavy (non-hydrogen) atoms. The molecule has 1 aliphatic rings. The first kappa shape index (κ1) is 14.1. The number of carbonyl (C=O) groups excluding carboxylic acids is 1. The fourth-order valence-electron chi connectivity index (χ4n) is 2.69. The SMILES string of the molecule is CC[C@@H](C(=O)NCN1CCCCC1)c1ccccc1. The molecule has 0 spiro atoms. The zero-order valence-electron chi connectivity index (χ0n) is 11.8. The first-order valence-electron chi connectivity index (χ1n) is 7.36. The van der Waals surface area contributed by atoms with Crippen LogP contribution in [0.5, 0.6) is 0 Å². The third-order valence-corrected chi connectivity index (χ3v) is 3.85. The van der Waals surface area contributed by atoms with Gasteiger partial charge in [0, 0.05) is 0 Å². The zero-order valence-corrected chi connectivity index (χ0v) is 11.8. The lowest BCUT2D eigenvalue weighted by molar-refractivity contribution is -0.123. The highest BCUT2D eigenvalue weighted by Gasteiger charge is 2.19. The summed E-state index contributed by atoms with van der Waals surface area (Å²) in [4.78, 5) is 14.6. The lowest BCUT2D eigenvalue weighted by Gasteiger charge is -2.27. The van der Waals surface area contributed by atoms with Crippen molar-refractivity contribution in [1.82, 2.24) is 10.2 Å². The molecule has 1 atom stereocenters. The van der Waals surface area contributed by atoms with E-state index in [4.69, 9.17) is 0 Å². The van der Waals surface area contributed by atoms with Crippen LogP contribution in [0.1, 0.15) is 44.1 Å². The van der Waals surface area contributed by atoms with Crippen LogP contribution in [-0.4, -0.2) is 30.6 Å². The molecular weight excluding hydrogens is 236 g/mol. The van der Waals surface area contributed by atoms with Gasteiger partial charge in [-0.25, -0.2) is 0 Å². The van der Waals surface area contributed by atoms with E-state index < -0.39 is 0 Å². The summed E-state index contributed by atoms with van der Waals surface area (Å²) in [7, 11) is 0. The quantitative estimate of drug-likeness (QED) is 0.883. The Bertz CT molecular complexity index is 385. The number of nitrogens with zero attached hydrogens (tertiary/aromatic N) is 1. The fraction of sp³-hybridized carbons (Fsp3) is 0.562. The van der Waals surface area contributed by atoms with E-state index in [1.807, 2.05) is 30.3 Å². The van der Waals surface area contributed by atoms with Crippen molar-refractivity contribution in [2.45, 2.75) is 38.5 Å². The van der Waals surface area contributed by atoms with Crippen LogP contribution in [0.15, 0.2) is 30.3 Å². The van der Waals surface area contributed by atoms with Crippen molar-refractivity contribution in [3.05, 3.63) is 35.9 Å². The number of rotatable bonds is 5. The molecule has 1 fully saturated rings. The standard InChI is InChI=1S/C16H24N2O/c1-2-15(14-9-5-3-6-10-14)16(19)17-13-18-11-7-4-8-12-18/h3,5-6,9-10,15H,2,4,7-8,11-13H2,1H3,(H,17,19)/t15-/m1/s1. The van der Waals surface area contributed by atoms with Gasteiger partial charge in [0.05, 0.1) is 12.6 Å². The van der Waals surface area contributed by atoms with Crippen molar-refractivity contribution in [1.29, 1.82) is 0 Å². The van der Waals surface area contributed by atoms with E-state index in [2.05, 4.69) is 17.1 Å². The third-order valence-electron chi connectivity index (χ3n) is 3.85. The van der Waals surface area contributed by atoms with Crippen molar-refractivity contribution >= 4 is 5.91 Å². The van der Waals surface area contributed by atoms with Crippen molar-refractivity contribution in [2.75, 3.05) is 19.8 Å². The van der Waals surface area contributed by atoms with Gasteiger partial charge in [0.1, 0.15) is 0 Å². The Morgan fingerprint density at radius 1 is 1.21 bits per heavy atom. The fourth-order valence-corrected chi connectivity index (χ4v) is 2.69. The summed E-state index contributed by atoms with van der Waals surface area (Å²) in [5.74, 6) is 0.130. The highest BCUT2D eigenvalue weighted by molar-refractivity contribution is 5.83. The summed E-state index contributed by atoms with van der Waals surface area (Å²) in [5, 5.41) is 3.09. The van der Waals surface area contributed by atoms with Gasteiger partial charge in [-0.2, -0.15) is 0 Å². The predicted molar refractivity (Wildman–Crippen MR) is 77.9 cm³/mol.